The molecule has 0 spiro atoms. The molecule has 0 aliphatic heterocycles. The van der Waals surface area contributed by atoms with Gasteiger partial charge in [-0.05, 0) is 31.5 Å². The zero-order chi connectivity index (χ0) is 12.4. The van der Waals surface area contributed by atoms with E-state index >= 15 is 0 Å². The van der Waals surface area contributed by atoms with E-state index in [0.29, 0.717) is 0 Å². The molecule has 1 N–H and O–H groups in total. The Hall–Kier alpha value is -1.76. The first-order valence-corrected chi connectivity index (χ1v) is 6.23. The SMILES string of the molecule is CC.Cc1cc(C)c2[nH]c3ccccc3c2c1. The van der Waals surface area contributed by atoms with Crippen LogP contribution in [0.3, 0.4) is 0 Å². The number of aromatic amines is 1. The molecular formula is C16H19N. The lowest BCUT2D eigenvalue weighted by atomic mass is 10.1. The molecule has 1 heterocycles. The molecule has 0 amide bonds. The summed E-state index contributed by atoms with van der Waals surface area (Å²) in [5, 5.41) is 2.66. The minimum Gasteiger partial charge on any atom is -0.354 e. The summed E-state index contributed by atoms with van der Waals surface area (Å²) < 4.78 is 0. The van der Waals surface area contributed by atoms with Crippen molar-refractivity contribution < 1.29 is 0 Å². The third-order valence-corrected chi connectivity index (χ3v) is 2.96. The number of aromatic nitrogens is 1. The quantitative estimate of drug-likeness (QED) is 0.556. The van der Waals surface area contributed by atoms with E-state index < -0.39 is 0 Å². The van der Waals surface area contributed by atoms with E-state index in [2.05, 4.69) is 55.2 Å². The number of benzene rings is 2. The Kier molecular flexibility index (Phi) is 3.19. The minimum absolute atomic E-state index is 1.22. The average molecular weight is 225 g/mol. The van der Waals surface area contributed by atoms with Gasteiger partial charge in [-0.25, -0.2) is 0 Å². The molecule has 0 atom stereocenters. The van der Waals surface area contributed by atoms with Crippen molar-refractivity contribution in [3.63, 3.8) is 0 Å². The number of nitrogens with one attached hydrogen (secondary N) is 1. The van der Waals surface area contributed by atoms with Crippen molar-refractivity contribution in [1.82, 2.24) is 4.98 Å². The van der Waals surface area contributed by atoms with Crippen molar-refractivity contribution >= 4 is 21.8 Å². The zero-order valence-corrected chi connectivity index (χ0v) is 11.0. The molecule has 0 saturated heterocycles. The van der Waals surface area contributed by atoms with Gasteiger partial charge in [-0.2, -0.15) is 0 Å². The molecule has 1 nitrogen and oxygen atoms in total. The molecule has 17 heavy (non-hydrogen) atoms. The molecule has 3 rings (SSSR count). The van der Waals surface area contributed by atoms with Gasteiger partial charge in [0.25, 0.3) is 0 Å². The van der Waals surface area contributed by atoms with Gasteiger partial charge < -0.3 is 4.98 Å². The topological polar surface area (TPSA) is 15.8 Å². The van der Waals surface area contributed by atoms with Gasteiger partial charge in [0.1, 0.15) is 0 Å². The van der Waals surface area contributed by atoms with Crippen LogP contribution in [0.4, 0.5) is 0 Å². The standard InChI is InChI=1S/C14H13N.C2H6/c1-9-7-10(2)14-12(8-9)11-5-3-4-6-13(11)15-14;1-2/h3-8,15H,1-2H3;1-2H3. The number of hydrogen-bond acceptors (Lipinski definition) is 0. The number of fused-ring (bicyclic) bond motifs is 3. The number of para-hydroxylation sites is 1. The smallest absolute Gasteiger partial charge is 0.0494 e. The number of aryl methyl sites for hydroxylation is 2. The Morgan fingerprint density at radius 1 is 0.882 bits per heavy atom. The van der Waals surface area contributed by atoms with Crippen LogP contribution in [0.5, 0.6) is 0 Å². The number of rotatable bonds is 0. The van der Waals surface area contributed by atoms with Gasteiger partial charge in [-0.15, -0.1) is 0 Å². The highest BCUT2D eigenvalue weighted by atomic mass is 14.7. The normalized spacial score (nSPS) is 10.4. The maximum absolute atomic E-state index is 3.47. The Labute approximate surface area is 102 Å². The Balaban J connectivity index is 0.000000514. The van der Waals surface area contributed by atoms with E-state index in [4.69, 9.17) is 0 Å². The predicted octanol–water partition coefficient (Wildman–Crippen LogP) is 4.96. The van der Waals surface area contributed by atoms with E-state index in [-0.39, 0.29) is 0 Å². The van der Waals surface area contributed by atoms with Gasteiger partial charge in [0.15, 0.2) is 0 Å². The molecule has 0 aliphatic carbocycles. The summed E-state index contributed by atoms with van der Waals surface area (Å²) >= 11 is 0. The zero-order valence-electron chi connectivity index (χ0n) is 11.0. The van der Waals surface area contributed by atoms with Crippen molar-refractivity contribution in [1.29, 1.82) is 0 Å². The van der Waals surface area contributed by atoms with Crippen LogP contribution >= 0.6 is 0 Å². The number of hydrogen-bond donors (Lipinski definition) is 1. The van der Waals surface area contributed by atoms with Gasteiger partial charge in [-0.1, -0.05) is 43.7 Å². The first-order valence-electron chi connectivity index (χ1n) is 6.23. The number of H-pyrrole nitrogens is 1. The lowest BCUT2D eigenvalue weighted by Gasteiger charge is -1.98. The first-order chi connectivity index (χ1) is 8.25. The summed E-state index contributed by atoms with van der Waals surface area (Å²) in [6.45, 7) is 8.30. The van der Waals surface area contributed by atoms with Crippen LogP contribution in [0.15, 0.2) is 36.4 Å². The van der Waals surface area contributed by atoms with Crippen molar-refractivity contribution in [2.24, 2.45) is 0 Å². The highest BCUT2D eigenvalue weighted by Crippen LogP contribution is 2.28. The third kappa shape index (κ3) is 1.93. The van der Waals surface area contributed by atoms with Crippen molar-refractivity contribution in [2.75, 3.05) is 0 Å². The predicted molar refractivity (Wildman–Crippen MR) is 76.6 cm³/mol. The Morgan fingerprint density at radius 3 is 2.35 bits per heavy atom. The summed E-state index contributed by atoms with van der Waals surface area (Å²) in [5.74, 6) is 0. The lowest BCUT2D eigenvalue weighted by Crippen LogP contribution is -1.78. The molecule has 0 unspecified atom stereocenters. The molecule has 1 aromatic heterocycles. The van der Waals surface area contributed by atoms with Crippen molar-refractivity contribution in [3.8, 4) is 0 Å². The Bertz CT molecular complexity index is 647. The van der Waals surface area contributed by atoms with Crippen molar-refractivity contribution in [2.45, 2.75) is 27.7 Å². The summed E-state index contributed by atoms with van der Waals surface area (Å²) in [5.41, 5.74) is 5.13. The molecule has 2 aromatic carbocycles. The second kappa shape index (κ2) is 4.62. The summed E-state index contributed by atoms with van der Waals surface area (Å²) in [4.78, 5) is 3.47. The van der Waals surface area contributed by atoms with E-state index in [0.717, 1.165) is 0 Å². The molecule has 1 heteroatoms. The summed E-state index contributed by atoms with van der Waals surface area (Å²) in [6.07, 6.45) is 0. The van der Waals surface area contributed by atoms with Crippen LogP contribution in [0.25, 0.3) is 21.8 Å². The van der Waals surface area contributed by atoms with Crippen LogP contribution in [-0.2, 0) is 0 Å². The Morgan fingerprint density at radius 2 is 1.59 bits per heavy atom. The van der Waals surface area contributed by atoms with E-state index in [1.807, 2.05) is 13.8 Å². The highest BCUT2D eigenvalue weighted by Gasteiger charge is 2.05. The highest BCUT2D eigenvalue weighted by molar-refractivity contribution is 6.08. The second-order valence-corrected chi connectivity index (χ2v) is 4.17. The second-order valence-electron chi connectivity index (χ2n) is 4.17. The largest absolute Gasteiger partial charge is 0.354 e. The minimum atomic E-state index is 1.22. The maximum Gasteiger partial charge on any atom is 0.0494 e. The first kappa shape index (κ1) is 11.7. The van der Waals surface area contributed by atoms with Gasteiger partial charge >= 0.3 is 0 Å². The van der Waals surface area contributed by atoms with Gasteiger partial charge in [-0.3, -0.25) is 0 Å². The van der Waals surface area contributed by atoms with E-state index in [9.17, 15) is 0 Å². The van der Waals surface area contributed by atoms with E-state index in [1.165, 1.54) is 32.9 Å². The molecule has 88 valence electrons. The van der Waals surface area contributed by atoms with Gasteiger partial charge in [0.05, 0.1) is 0 Å². The van der Waals surface area contributed by atoms with Crippen LogP contribution in [0.2, 0.25) is 0 Å². The molecular weight excluding hydrogens is 206 g/mol. The molecule has 0 aliphatic rings. The summed E-state index contributed by atoms with van der Waals surface area (Å²) in [6, 6.07) is 12.9. The van der Waals surface area contributed by atoms with Crippen LogP contribution in [0, 0.1) is 13.8 Å². The summed E-state index contributed by atoms with van der Waals surface area (Å²) in [7, 11) is 0. The van der Waals surface area contributed by atoms with Crippen LogP contribution < -0.4 is 0 Å². The van der Waals surface area contributed by atoms with Crippen LogP contribution in [0.1, 0.15) is 25.0 Å². The van der Waals surface area contributed by atoms with Crippen molar-refractivity contribution in [3.05, 3.63) is 47.5 Å². The third-order valence-electron chi connectivity index (χ3n) is 2.96. The fourth-order valence-electron chi connectivity index (χ4n) is 2.31. The molecule has 0 radical (unpaired) electrons. The lowest BCUT2D eigenvalue weighted by molar-refractivity contribution is 1.40. The van der Waals surface area contributed by atoms with E-state index in [1.54, 1.807) is 0 Å². The molecule has 0 saturated carbocycles. The van der Waals surface area contributed by atoms with Gasteiger partial charge in [0, 0.05) is 21.8 Å². The fraction of sp³-hybridized carbons (Fsp3) is 0.250. The van der Waals surface area contributed by atoms with Gasteiger partial charge in [0.2, 0.25) is 0 Å². The average Bonchev–Trinajstić information content (AvgIpc) is 2.71. The van der Waals surface area contributed by atoms with Crippen LogP contribution in [-0.4, -0.2) is 4.98 Å². The maximum atomic E-state index is 3.47. The fourth-order valence-corrected chi connectivity index (χ4v) is 2.31. The molecule has 0 fully saturated rings. The molecule has 3 aromatic rings. The molecule has 0 bridgehead atoms. The monoisotopic (exact) mass is 225 g/mol.